The van der Waals surface area contributed by atoms with Crippen LogP contribution in [0.25, 0.3) is 21.8 Å². The monoisotopic (exact) mass is 502 g/mol. The van der Waals surface area contributed by atoms with E-state index in [1.54, 1.807) is 0 Å². The van der Waals surface area contributed by atoms with Crippen LogP contribution in [0.4, 0.5) is 5.69 Å². The molecule has 0 saturated heterocycles. The van der Waals surface area contributed by atoms with Gasteiger partial charge in [-0.2, -0.15) is 0 Å². The number of aromatic amines is 1. The number of halogens is 1. The number of H-pyrrole nitrogens is 1. The van der Waals surface area contributed by atoms with Gasteiger partial charge in [0, 0.05) is 52.0 Å². The fourth-order valence-corrected chi connectivity index (χ4v) is 5.50. The fourth-order valence-electron chi connectivity index (χ4n) is 5.34. The van der Waals surface area contributed by atoms with E-state index in [9.17, 15) is 4.79 Å². The van der Waals surface area contributed by atoms with Gasteiger partial charge in [0.25, 0.3) is 0 Å². The summed E-state index contributed by atoms with van der Waals surface area (Å²) in [5.74, 6) is 0.0955. The molecule has 0 unspecified atom stereocenters. The van der Waals surface area contributed by atoms with Crippen LogP contribution in [0, 0.1) is 0 Å². The second-order valence-corrected chi connectivity index (χ2v) is 10.3. The van der Waals surface area contributed by atoms with E-state index in [4.69, 9.17) is 16.6 Å². The number of para-hydroxylation sites is 1. The summed E-state index contributed by atoms with van der Waals surface area (Å²) in [6.07, 6.45) is 12.7. The SMILES string of the molecule is O=C(Cc1c[nH]c2ccccc12)NCCCCCCCNc1c2c(nc3cc(Cl)ccc13)CCCC2. The first-order valence-electron chi connectivity index (χ1n) is 13.4. The lowest BCUT2D eigenvalue weighted by atomic mass is 9.92. The zero-order valence-electron chi connectivity index (χ0n) is 20.8. The average Bonchev–Trinajstić information content (AvgIpc) is 3.29. The Morgan fingerprint density at radius 1 is 0.944 bits per heavy atom. The molecule has 0 aliphatic heterocycles. The molecule has 1 amide bonds. The summed E-state index contributed by atoms with van der Waals surface area (Å²) >= 11 is 6.24. The van der Waals surface area contributed by atoms with Crippen LogP contribution >= 0.6 is 11.6 Å². The quantitative estimate of drug-likeness (QED) is 0.194. The smallest absolute Gasteiger partial charge is 0.224 e. The molecule has 0 atom stereocenters. The summed E-state index contributed by atoms with van der Waals surface area (Å²) in [5.41, 5.74) is 7.05. The van der Waals surface area contributed by atoms with Crippen molar-refractivity contribution in [2.75, 3.05) is 18.4 Å². The van der Waals surface area contributed by atoms with Crippen molar-refractivity contribution in [3.05, 3.63) is 70.5 Å². The third-order valence-corrected chi connectivity index (χ3v) is 7.46. The lowest BCUT2D eigenvalue weighted by Crippen LogP contribution is -2.26. The van der Waals surface area contributed by atoms with Gasteiger partial charge in [0.05, 0.1) is 11.9 Å². The summed E-state index contributed by atoms with van der Waals surface area (Å²) in [7, 11) is 0. The zero-order chi connectivity index (χ0) is 24.7. The third-order valence-electron chi connectivity index (χ3n) is 7.23. The molecule has 6 heteroatoms. The highest BCUT2D eigenvalue weighted by Gasteiger charge is 2.18. The Kier molecular flexibility index (Phi) is 8.07. The van der Waals surface area contributed by atoms with Gasteiger partial charge in [0.2, 0.25) is 5.91 Å². The number of nitrogens with zero attached hydrogens (tertiary/aromatic N) is 1. The molecule has 5 rings (SSSR count). The van der Waals surface area contributed by atoms with Crippen molar-refractivity contribution in [2.24, 2.45) is 0 Å². The lowest BCUT2D eigenvalue weighted by Gasteiger charge is -2.22. The molecule has 188 valence electrons. The van der Waals surface area contributed by atoms with Crippen LogP contribution in [0.3, 0.4) is 0 Å². The van der Waals surface area contributed by atoms with E-state index in [0.717, 1.165) is 72.2 Å². The predicted molar refractivity (Wildman–Crippen MR) is 150 cm³/mol. The van der Waals surface area contributed by atoms with Gasteiger partial charge in [-0.3, -0.25) is 9.78 Å². The topological polar surface area (TPSA) is 69.8 Å². The summed E-state index contributed by atoms with van der Waals surface area (Å²) < 4.78 is 0. The molecule has 0 bridgehead atoms. The molecule has 3 N–H and O–H groups in total. The number of fused-ring (bicyclic) bond motifs is 3. The Morgan fingerprint density at radius 2 is 1.75 bits per heavy atom. The maximum Gasteiger partial charge on any atom is 0.224 e. The van der Waals surface area contributed by atoms with Gasteiger partial charge in [-0.1, -0.05) is 49.1 Å². The van der Waals surface area contributed by atoms with Crippen LogP contribution < -0.4 is 10.6 Å². The molecule has 1 aliphatic carbocycles. The highest BCUT2D eigenvalue weighted by atomic mass is 35.5. The number of rotatable bonds is 11. The number of unbranched alkanes of at least 4 members (excludes halogenated alkanes) is 4. The molecule has 0 saturated carbocycles. The summed E-state index contributed by atoms with van der Waals surface area (Å²) in [6.45, 7) is 1.71. The largest absolute Gasteiger partial charge is 0.384 e. The van der Waals surface area contributed by atoms with E-state index in [0.29, 0.717) is 6.42 Å². The first-order valence-corrected chi connectivity index (χ1v) is 13.7. The Hall–Kier alpha value is -3.05. The molecule has 0 fully saturated rings. The number of anilines is 1. The molecule has 2 aromatic heterocycles. The number of aromatic nitrogens is 2. The van der Waals surface area contributed by atoms with Crippen molar-refractivity contribution < 1.29 is 4.79 Å². The van der Waals surface area contributed by atoms with Crippen molar-refractivity contribution in [1.29, 1.82) is 0 Å². The van der Waals surface area contributed by atoms with E-state index in [2.05, 4.69) is 27.8 Å². The minimum atomic E-state index is 0.0955. The highest BCUT2D eigenvalue weighted by molar-refractivity contribution is 6.31. The molecule has 2 aromatic carbocycles. The Labute approximate surface area is 218 Å². The first-order chi connectivity index (χ1) is 17.7. The van der Waals surface area contributed by atoms with Gasteiger partial charge in [-0.25, -0.2) is 0 Å². The molecule has 0 radical (unpaired) electrons. The van der Waals surface area contributed by atoms with Gasteiger partial charge >= 0.3 is 0 Å². The van der Waals surface area contributed by atoms with Crippen LogP contribution in [0.2, 0.25) is 5.02 Å². The van der Waals surface area contributed by atoms with Crippen molar-refractivity contribution >= 4 is 45.0 Å². The number of carbonyl (C=O) groups is 1. The zero-order valence-corrected chi connectivity index (χ0v) is 21.6. The molecule has 0 spiro atoms. The second-order valence-electron chi connectivity index (χ2n) is 9.86. The van der Waals surface area contributed by atoms with Crippen LogP contribution in [-0.2, 0) is 24.1 Å². The molecule has 2 heterocycles. The van der Waals surface area contributed by atoms with E-state index >= 15 is 0 Å². The van der Waals surface area contributed by atoms with E-state index in [-0.39, 0.29) is 5.91 Å². The van der Waals surface area contributed by atoms with Crippen molar-refractivity contribution in [3.63, 3.8) is 0 Å². The van der Waals surface area contributed by atoms with E-state index < -0.39 is 0 Å². The number of benzene rings is 2. The average molecular weight is 503 g/mol. The van der Waals surface area contributed by atoms with E-state index in [1.807, 2.05) is 36.5 Å². The summed E-state index contributed by atoms with van der Waals surface area (Å²) in [6, 6.07) is 14.2. The van der Waals surface area contributed by atoms with Crippen molar-refractivity contribution in [2.45, 2.75) is 64.2 Å². The Morgan fingerprint density at radius 3 is 2.67 bits per heavy atom. The predicted octanol–water partition coefficient (Wildman–Crippen LogP) is 6.97. The van der Waals surface area contributed by atoms with Gasteiger partial charge in [0.15, 0.2) is 0 Å². The molecular weight excluding hydrogens is 468 g/mol. The summed E-state index contributed by atoms with van der Waals surface area (Å²) in [5, 5.41) is 9.88. The molecule has 5 nitrogen and oxygen atoms in total. The van der Waals surface area contributed by atoms with Crippen molar-refractivity contribution in [1.82, 2.24) is 15.3 Å². The fraction of sp³-hybridized carbons (Fsp3) is 0.400. The van der Waals surface area contributed by atoms with Gasteiger partial charge < -0.3 is 15.6 Å². The number of aryl methyl sites for hydroxylation is 1. The number of hydrogen-bond donors (Lipinski definition) is 3. The number of hydrogen-bond acceptors (Lipinski definition) is 3. The number of carbonyl (C=O) groups excluding carboxylic acids is 1. The summed E-state index contributed by atoms with van der Waals surface area (Å²) in [4.78, 5) is 20.5. The lowest BCUT2D eigenvalue weighted by molar-refractivity contribution is -0.120. The maximum atomic E-state index is 12.3. The Balaban J connectivity index is 1.01. The molecule has 4 aromatic rings. The second kappa shape index (κ2) is 11.8. The molecule has 36 heavy (non-hydrogen) atoms. The van der Waals surface area contributed by atoms with Gasteiger partial charge in [-0.05, 0) is 73.9 Å². The minimum Gasteiger partial charge on any atom is -0.384 e. The third kappa shape index (κ3) is 5.84. The van der Waals surface area contributed by atoms with Crippen LogP contribution in [-0.4, -0.2) is 29.0 Å². The van der Waals surface area contributed by atoms with Crippen LogP contribution in [0.1, 0.15) is 61.8 Å². The number of nitrogens with one attached hydrogen (secondary N) is 3. The van der Waals surface area contributed by atoms with Crippen molar-refractivity contribution in [3.8, 4) is 0 Å². The Bertz CT molecular complexity index is 1350. The number of amides is 1. The maximum absolute atomic E-state index is 12.3. The van der Waals surface area contributed by atoms with Gasteiger partial charge in [-0.15, -0.1) is 0 Å². The molecular formula is C30H35ClN4O. The highest BCUT2D eigenvalue weighted by Crippen LogP contribution is 2.34. The first kappa shape index (κ1) is 24.6. The normalized spacial score (nSPS) is 13.1. The standard InChI is InChI=1S/C30H35ClN4O/c31-22-14-15-25-28(19-22)35-27-13-7-5-11-24(27)30(25)33-17-9-3-1-2-8-16-32-29(36)18-21-20-34-26-12-6-4-10-23(21)26/h4,6,10,12,14-15,19-20,34H,1-3,5,7-9,11,13,16-18H2,(H,32,36)(H,33,35). The van der Waals surface area contributed by atoms with E-state index in [1.165, 1.54) is 48.0 Å². The van der Waals surface area contributed by atoms with Crippen LogP contribution in [0.15, 0.2) is 48.7 Å². The van der Waals surface area contributed by atoms with Gasteiger partial charge in [0.1, 0.15) is 0 Å². The number of pyridine rings is 1. The minimum absolute atomic E-state index is 0.0955. The van der Waals surface area contributed by atoms with Crippen LogP contribution in [0.5, 0.6) is 0 Å². The molecule has 1 aliphatic rings.